The highest BCUT2D eigenvalue weighted by Crippen LogP contribution is 2.38. The third kappa shape index (κ3) is 4.17. The van der Waals surface area contributed by atoms with Gasteiger partial charge in [0, 0.05) is 17.3 Å². The molecule has 1 amide bonds. The lowest BCUT2D eigenvalue weighted by atomic mass is 10.1. The van der Waals surface area contributed by atoms with E-state index in [1.54, 1.807) is 6.08 Å². The molecule has 158 valence electrons. The van der Waals surface area contributed by atoms with Gasteiger partial charge in [-0.05, 0) is 31.2 Å². The third-order valence-electron chi connectivity index (χ3n) is 5.27. The van der Waals surface area contributed by atoms with Gasteiger partial charge in [0.2, 0.25) is 5.91 Å². The Labute approximate surface area is 183 Å². The largest absolute Gasteiger partial charge is 0.316 e. The van der Waals surface area contributed by atoms with E-state index in [0.717, 1.165) is 24.8 Å². The van der Waals surface area contributed by atoms with E-state index in [2.05, 4.69) is 28.2 Å². The molecule has 3 heterocycles. The molecule has 8 nitrogen and oxygen atoms in total. The van der Waals surface area contributed by atoms with Gasteiger partial charge >= 0.3 is 0 Å². The van der Waals surface area contributed by atoms with Gasteiger partial charge in [-0.1, -0.05) is 17.8 Å². The zero-order chi connectivity index (χ0) is 21.3. The summed E-state index contributed by atoms with van der Waals surface area (Å²) in [6.07, 6.45) is 5.15. The minimum atomic E-state index is -3.04. The molecule has 1 N–H and O–H groups in total. The van der Waals surface area contributed by atoms with Crippen molar-refractivity contribution in [1.82, 2.24) is 14.8 Å². The molecular formula is C19H21N5O3S3. The summed E-state index contributed by atoms with van der Waals surface area (Å²) in [6, 6.07) is 2.22. The normalized spacial score (nSPS) is 19.4. The van der Waals surface area contributed by atoms with Crippen LogP contribution in [0, 0.1) is 11.3 Å². The minimum absolute atomic E-state index is 0.0768. The van der Waals surface area contributed by atoms with Crippen LogP contribution in [0.4, 0.5) is 5.00 Å². The van der Waals surface area contributed by atoms with Gasteiger partial charge in [-0.3, -0.25) is 4.79 Å². The van der Waals surface area contributed by atoms with Crippen LogP contribution in [0.2, 0.25) is 0 Å². The zero-order valence-corrected chi connectivity index (χ0v) is 18.7. The fourth-order valence-electron chi connectivity index (χ4n) is 3.91. The van der Waals surface area contributed by atoms with E-state index >= 15 is 0 Å². The topological polar surface area (TPSA) is 118 Å². The van der Waals surface area contributed by atoms with Crippen molar-refractivity contribution >= 4 is 43.8 Å². The van der Waals surface area contributed by atoms with Crippen LogP contribution in [0.3, 0.4) is 0 Å². The molecule has 0 aromatic carbocycles. The molecule has 1 aliphatic carbocycles. The van der Waals surface area contributed by atoms with Crippen LogP contribution in [0.25, 0.3) is 0 Å². The SMILES string of the molecule is C=CCn1c(SCC(=O)Nc2sc3c(c2C#N)CCC3)nnc1C1CCS(=O)(=O)C1. The summed E-state index contributed by atoms with van der Waals surface area (Å²) in [6.45, 7) is 4.20. The van der Waals surface area contributed by atoms with E-state index in [1.165, 1.54) is 28.0 Å². The summed E-state index contributed by atoms with van der Waals surface area (Å²) in [4.78, 5) is 13.7. The predicted octanol–water partition coefficient (Wildman–Crippen LogP) is 2.52. The average molecular weight is 464 g/mol. The van der Waals surface area contributed by atoms with Crippen LogP contribution < -0.4 is 5.32 Å². The van der Waals surface area contributed by atoms with Gasteiger partial charge in [-0.25, -0.2) is 8.42 Å². The van der Waals surface area contributed by atoms with Crippen LogP contribution in [-0.4, -0.2) is 46.3 Å². The number of rotatable bonds is 7. The number of thioether (sulfide) groups is 1. The first kappa shape index (κ1) is 21.1. The summed E-state index contributed by atoms with van der Waals surface area (Å²) in [5, 5.41) is 21.9. The summed E-state index contributed by atoms with van der Waals surface area (Å²) in [5.74, 6) is 0.585. The van der Waals surface area contributed by atoms with Gasteiger partial charge in [0.05, 0.1) is 22.8 Å². The van der Waals surface area contributed by atoms with Crippen molar-refractivity contribution in [3.05, 3.63) is 34.5 Å². The summed E-state index contributed by atoms with van der Waals surface area (Å²) in [7, 11) is -3.04. The maximum atomic E-state index is 12.5. The number of nitriles is 1. The number of hydrogen-bond donors (Lipinski definition) is 1. The number of aromatic nitrogens is 3. The number of carbonyl (C=O) groups excluding carboxylic acids is 1. The number of thiophene rings is 1. The van der Waals surface area contributed by atoms with Crippen molar-refractivity contribution in [3.63, 3.8) is 0 Å². The van der Waals surface area contributed by atoms with E-state index in [-0.39, 0.29) is 29.1 Å². The molecule has 0 spiro atoms. The smallest absolute Gasteiger partial charge is 0.235 e. The first-order valence-corrected chi connectivity index (χ1v) is 13.3. The molecule has 1 fully saturated rings. The van der Waals surface area contributed by atoms with Crippen molar-refractivity contribution in [2.75, 3.05) is 22.6 Å². The molecule has 1 unspecified atom stereocenters. The number of aryl methyl sites for hydroxylation is 1. The Bertz CT molecular complexity index is 1140. The van der Waals surface area contributed by atoms with Crippen LogP contribution in [0.15, 0.2) is 17.8 Å². The highest BCUT2D eigenvalue weighted by atomic mass is 32.2. The highest BCUT2D eigenvalue weighted by Gasteiger charge is 2.33. The first-order valence-electron chi connectivity index (χ1n) is 9.63. The summed E-state index contributed by atoms with van der Waals surface area (Å²) in [5.41, 5.74) is 1.66. The Kier molecular flexibility index (Phi) is 5.99. The van der Waals surface area contributed by atoms with E-state index in [4.69, 9.17) is 0 Å². The number of carbonyl (C=O) groups is 1. The lowest BCUT2D eigenvalue weighted by Crippen LogP contribution is -2.15. The first-order chi connectivity index (χ1) is 14.4. The molecule has 1 saturated heterocycles. The number of allylic oxidation sites excluding steroid dienone is 1. The van der Waals surface area contributed by atoms with Crippen molar-refractivity contribution in [3.8, 4) is 6.07 Å². The number of anilines is 1. The fourth-order valence-corrected chi connectivity index (χ4v) is 7.66. The Morgan fingerprint density at radius 1 is 1.43 bits per heavy atom. The van der Waals surface area contributed by atoms with Gasteiger partial charge in [0.15, 0.2) is 15.0 Å². The molecule has 0 bridgehead atoms. The van der Waals surface area contributed by atoms with Gasteiger partial charge in [0.25, 0.3) is 0 Å². The van der Waals surface area contributed by atoms with E-state index in [9.17, 15) is 18.5 Å². The Balaban J connectivity index is 1.44. The van der Waals surface area contributed by atoms with Crippen LogP contribution in [-0.2, 0) is 34.0 Å². The summed E-state index contributed by atoms with van der Waals surface area (Å²) < 4.78 is 25.5. The van der Waals surface area contributed by atoms with Gasteiger partial charge < -0.3 is 9.88 Å². The number of nitrogens with zero attached hydrogens (tertiary/aromatic N) is 4. The molecular weight excluding hydrogens is 442 g/mol. The molecule has 0 saturated carbocycles. The average Bonchev–Trinajstić information content (AvgIpc) is 3.44. The van der Waals surface area contributed by atoms with E-state index < -0.39 is 9.84 Å². The fraction of sp³-hybridized carbons (Fsp3) is 0.474. The van der Waals surface area contributed by atoms with Crippen molar-refractivity contribution in [1.29, 1.82) is 5.26 Å². The number of sulfone groups is 1. The molecule has 1 atom stereocenters. The molecule has 1 aliphatic heterocycles. The maximum absolute atomic E-state index is 12.5. The van der Waals surface area contributed by atoms with Crippen molar-refractivity contribution in [2.45, 2.75) is 43.3 Å². The molecule has 30 heavy (non-hydrogen) atoms. The molecule has 2 aromatic rings. The lowest BCUT2D eigenvalue weighted by Gasteiger charge is -2.11. The minimum Gasteiger partial charge on any atom is -0.316 e. The second-order valence-corrected chi connectivity index (χ2v) is 11.6. The van der Waals surface area contributed by atoms with Gasteiger partial charge in [-0.2, -0.15) is 5.26 Å². The molecule has 4 rings (SSSR count). The predicted molar refractivity (Wildman–Crippen MR) is 117 cm³/mol. The molecule has 2 aliphatic rings. The Morgan fingerprint density at radius 2 is 2.27 bits per heavy atom. The Hall–Kier alpha value is -2.16. The number of hydrogen-bond acceptors (Lipinski definition) is 8. The second-order valence-electron chi connectivity index (χ2n) is 7.35. The quantitative estimate of drug-likeness (QED) is 0.495. The van der Waals surface area contributed by atoms with Crippen molar-refractivity contribution < 1.29 is 13.2 Å². The highest BCUT2D eigenvalue weighted by molar-refractivity contribution is 7.99. The molecule has 2 aromatic heterocycles. The monoisotopic (exact) mass is 463 g/mol. The lowest BCUT2D eigenvalue weighted by molar-refractivity contribution is -0.113. The number of amides is 1. The van der Waals surface area contributed by atoms with E-state index in [0.29, 0.717) is 34.5 Å². The second kappa shape index (κ2) is 8.53. The number of nitrogens with one attached hydrogen (secondary N) is 1. The van der Waals surface area contributed by atoms with Crippen LogP contribution in [0.5, 0.6) is 0 Å². The zero-order valence-electron chi connectivity index (χ0n) is 16.3. The van der Waals surface area contributed by atoms with Gasteiger partial charge in [-0.15, -0.1) is 28.1 Å². The number of fused-ring (bicyclic) bond motifs is 1. The maximum Gasteiger partial charge on any atom is 0.235 e. The third-order valence-corrected chi connectivity index (χ3v) is 9.22. The van der Waals surface area contributed by atoms with Crippen molar-refractivity contribution in [2.24, 2.45) is 0 Å². The summed E-state index contributed by atoms with van der Waals surface area (Å²) >= 11 is 2.73. The standard InChI is InChI=1S/C19H21N5O3S3/c1-2-7-24-17(12-6-8-30(26,27)11-12)22-23-19(24)28-10-16(25)21-18-14(9-20)13-4-3-5-15(13)29-18/h2,12H,1,3-8,10-11H2,(H,21,25). The van der Waals surface area contributed by atoms with Crippen LogP contribution in [0.1, 0.15) is 40.6 Å². The molecule has 11 heteroatoms. The van der Waals surface area contributed by atoms with Crippen LogP contribution >= 0.6 is 23.1 Å². The van der Waals surface area contributed by atoms with Gasteiger partial charge in [0.1, 0.15) is 16.9 Å². The Morgan fingerprint density at radius 3 is 2.97 bits per heavy atom. The molecule has 0 radical (unpaired) electrons. The van der Waals surface area contributed by atoms with E-state index in [1.807, 2.05) is 4.57 Å².